The maximum atomic E-state index is 14.9. The molecule has 0 bridgehead atoms. The zero-order chi connectivity index (χ0) is 43.9. The number of likely N-dealkylation sites (tertiary alicyclic amines) is 1. The number of methoxy groups -OCH3 is 1. The summed E-state index contributed by atoms with van der Waals surface area (Å²) in [6.07, 6.45) is 7.33. The Morgan fingerprint density at radius 1 is 1.06 bits per heavy atom. The van der Waals surface area contributed by atoms with Crippen molar-refractivity contribution in [1.29, 1.82) is 0 Å². The molecule has 2 aromatic heterocycles. The number of alkyl halides is 1. The van der Waals surface area contributed by atoms with Crippen molar-refractivity contribution in [2.24, 2.45) is 11.8 Å². The van der Waals surface area contributed by atoms with E-state index in [1.54, 1.807) is 7.11 Å². The second kappa shape index (κ2) is 17.9. The van der Waals surface area contributed by atoms with Gasteiger partial charge in [-0.15, -0.1) is 11.3 Å². The Kier molecular flexibility index (Phi) is 12.7. The third-order valence-corrected chi connectivity index (χ3v) is 15.8. The van der Waals surface area contributed by atoms with Gasteiger partial charge >= 0.3 is 0 Å². The monoisotopic (exact) mass is 892 g/mol. The number of aryl methyl sites for hydroxylation is 1. The molecule has 5 aliphatic rings. The third kappa shape index (κ3) is 9.20. The number of thiazole rings is 1. The molecule has 334 valence electrons. The number of amides is 4. The van der Waals surface area contributed by atoms with Crippen LogP contribution in [0.4, 0.5) is 4.39 Å². The number of rotatable bonds is 10. The van der Waals surface area contributed by atoms with Crippen LogP contribution in [0, 0.1) is 18.8 Å². The third-order valence-electron chi connectivity index (χ3n) is 13.1. The quantitative estimate of drug-likeness (QED) is 0.226. The largest absolute Gasteiger partial charge is 0.496 e. The normalized spacial score (nSPS) is 27.2. The summed E-state index contributed by atoms with van der Waals surface area (Å²) in [5.74, 6) is -1.98. The topological polar surface area (TPSA) is 177 Å². The van der Waals surface area contributed by atoms with Crippen LogP contribution in [0.25, 0.3) is 21.6 Å². The Labute approximate surface area is 366 Å². The number of pyridine rings is 1. The highest BCUT2D eigenvalue weighted by Gasteiger charge is 2.62. The molecule has 1 unspecified atom stereocenters. The lowest BCUT2D eigenvalue weighted by Gasteiger charge is -2.32. The molecule has 3 aliphatic heterocycles. The lowest BCUT2D eigenvalue weighted by Crippen LogP contribution is -2.57. The molecule has 0 spiro atoms. The number of carbonyl (C=O) groups excluding carboxylic acids is 4. The van der Waals surface area contributed by atoms with Crippen molar-refractivity contribution in [3.63, 3.8) is 0 Å². The van der Waals surface area contributed by atoms with Crippen molar-refractivity contribution in [2.75, 3.05) is 26.7 Å². The van der Waals surface area contributed by atoms with E-state index in [0.29, 0.717) is 84.6 Å². The molecular formula is C45H57FN6O8S2. The van der Waals surface area contributed by atoms with E-state index >= 15 is 0 Å². The average molecular weight is 893 g/mol. The summed E-state index contributed by atoms with van der Waals surface area (Å²) in [6.45, 7) is 6.47. The van der Waals surface area contributed by atoms with Crippen LogP contribution in [0.15, 0.2) is 35.7 Å². The van der Waals surface area contributed by atoms with Gasteiger partial charge in [-0.1, -0.05) is 38.8 Å². The number of nitrogens with one attached hydrogen (secondary N) is 2. The molecule has 2 saturated carbocycles. The summed E-state index contributed by atoms with van der Waals surface area (Å²) in [5.41, 5.74) is 1.45. The summed E-state index contributed by atoms with van der Waals surface area (Å²) >= 11 is 1.48. The van der Waals surface area contributed by atoms with Crippen molar-refractivity contribution < 1.29 is 41.5 Å². The Bertz CT molecular complexity index is 2370. The number of nitrogens with zero attached hydrogens (tertiary/aromatic N) is 4. The molecule has 0 radical (unpaired) electrons. The van der Waals surface area contributed by atoms with Gasteiger partial charge in [0.15, 0.2) is 0 Å². The van der Waals surface area contributed by atoms with Gasteiger partial charge in [0.1, 0.15) is 46.1 Å². The van der Waals surface area contributed by atoms with E-state index in [-0.39, 0.29) is 44.2 Å². The van der Waals surface area contributed by atoms with Gasteiger partial charge in [-0.25, -0.2) is 22.8 Å². The van der Waals surface area contributed by atoms with Gasteiger partial charge < -0.3 is 24.6 Å². The van der Waals surface area contributed by atoms with Crippen molar-refractivity contribution in [1.82, 2.24) is 29.8 Å². The van der Waals surface area contributed by atoms with Gasteiger partial charge in [-0.3, -0.25) is 23.9 Å². The molecular weight excluding hydrogens is 836 g/mol. The molecule has 3 aromatic rings. The highest BCUT2D eigenvalue weighted by atomic mass is 32.2. The minimum absolute atomic E-state index is 0.000494. The first-order chi connectivity index (χ1) is 29.7. The molecule has 2 N–H and O–H groups in total. The fourth-order valence-electron chi connectivity index (χ4n) is 9.13. The SMILES string of the molecule is COc1ccc2c(O[C@@H]3C[C@H]4C(=O)N[C@]5(C(=O)NS(=O)(=O)C6CC6)C[C@H]5C=CCCCCC[C@H](CC(=O)N5CCCC(F)C5)C(=O)N4C3)cc(-c3nc(C(C)C)cs3)nc2c1C. The summed E-state index contributed by atoms with van der Waals surface area (Å²) in [4.78, 5) is 70.1. The van der Waals surface area contributed by atoms with Crippen LogP contribution in [0.3, 0.4) is 0 Å². The molecule has 8 rings (SSSR count). The van der Waals surface area contributed by atoms with Crippen LogP contribution in [-0.2, 0) is 29.2 Å². The van der Waals surface area contributed by atoms with Crippen LogP contribution >= 0.6 is 11.3 Å². The van der Waals surface area contributed by atoms with Gasteiger partial charge in [-0.05, 0) is 76.3 Å². The fourth-order valence-corrected chi connectivity index (χ4v) is 11.4. The standard InChI is InChI=1S/C45H57FN6O8S2/c1-26(2)35-25-61-42(48-35)34-21-38(33-16-17-37(59-4)27(3)40(33)47-34)60-31-20-36-41(54)49-45(44(56)50-62(57,58)32-14-15-32)22-29(45)12-9-7-5-6-8-11-28(43(55)52(36)24-31)19-39(53)51-18-10-13-30(46)23-51/h9,12,16-17,21,25-26,28-32,36H,5-8,10-11,13-15,18-20,22-24H2,1-4H3,(H,49,54)(H,50,56)/t28-,29-,30?,31-,36+,45-/m1/s1. The Balaban J connectivity index is 1.14. The smallest absolute Gasteiger partial charge is 0.259 e. The number of sulfonamides is 1. The molecule has 1 aromatic carbocycles. The van der Waals surface area contributed by atoms with E-state index in [1.165, 1.54) is 21.1 Å². The van der Waals surface area contributed by atoms with Crippen LogP contribution in [0.5, 0.6) is 11.5 Å². The summed E-state index contributed by atoms with van der Waals surface area (Å²) in [5, 5.41) is 5.71. The average Bonchev–Trinajstić information content (AvgIpc) is 4.12. The lowest BCUT2D eigenvalue weighted by atomic mass is 9.94. The maximum absolute atomic E-state index is 14.9. The lowest BCUT2D eigenvalue weighted by molar-refractivity contribution is -0.146. The highest BCUT2D eigenvalue weighted by Crippen LogP contribution is 2.46. The van der Waals surface area contributed by atoms with Crippen LogP contribution < -0.4 is 19.5 Å². The predicted octanol–water partition coefficient (Wildman–Crippen LogP) is 6.12. The van der Waals surface area contributed by atoms with Gasteiger partial charge in [0.2, 0.25) is 27.7 Å². The summed E-state index contributed by atoms with van der Waals surface area (Å²) < 4.78 is 55.2. The number of aromatic nitrogens is 2. The van der Waals surface area contributed by atoms with Crippen molar-refractivity contribution in [3.8, 4) is 22.2 Å². The van der Waals surface area contributed by atoms with Crippen molar-refractivity contribution >= 4 is 55.9 Å². The second-order valence-corrected chi connectivity index (χ2v) is 20.8. The minimum Gasteiger partial charge on any atom is -0.496 e. The molecule has 4 fully saturated rings. The number of ether oxygens (including phenoxy) is 2. The van der Waals surface area contributed by atoms with E-state index in [9.17, 15) is 32.0 Å². The van der Waals surface area contributed by atoms with Crippen molar-refractivity contribution in [3.05, 3.63) is 47.0 Å². The van der Waals surface area contributed by atoms with Gasteiger partial charge in [0, 0.05) is 53.6 Å². The summed E-state index contributed by atoms with van der Waals surface area (Å²) in [6, 6.07) is 4.42. The molecule has 62 heavy (non-hydrogen) atoms. The maximum Gasteiger partial charge on any atom is 0.259 e. The fraction of sp³-hybridized carbons (Fsp3) is 0.600. The number of benzene rings is 1. The molecule has 14 nitrogen and oxygen atoms in total. The number of hydrogen-bond acceptors (Lipinski definition) is 11. The van der Waals surface area contributed by atoms with Crippen LogP contribution in [-0.4, -0.2) is 108 Å². The highest BCUT2D eigenvalue weighted by molar-refractivity contribution is 7.91. The van der Waals surface area contributed by atoms with Gasteiger partial charge in [0.05, 0.1) is 36.7 Å². The second-order valence-electron chi connectivity index (χ2n) is 18.0. The van der Waals surface area contributed by atoms with Gasteiger partial charge in [-0.2, -0.15) is 0 Å². The number of hydrogen-bond donors (Lipinski definition) is 2. The number of piperidine rings is 1. The van der Waals surface area contributed by atoms with E-state index in [4.69, 9.17) is 19.4 Å². The van der Waals surface area contributed by atoms with Gasteiger partial charge in [0.25, 0.3) is 5.91 Å². The van der Waals surface area contributed by atoms with Crippen molar-refractivity contribution in [2.45, 2.75) is 133 Å². The van der Waals surface area contributed by atoms with Crippen LogP contribution in [0.2, 0.25) is 0 Å². The Morgan fingerprint density at radius 3 is 2.60 bits per heavy atom. The first-order valence-electron chi connectivity index (χ1n) is 22.0. The molecule has 17 heteroatoms. The number of halogens is 1. The van der Waals surface area contributed by atoms with E-state index in [0.717, 1.165) is 24.1 Å². The Hall–Kier alpha value is -4.64. The molecule has 4 amide bonds. The molecule has 2 saturated heterocycles. The Morgan fingerprint density at radius 2 is 1.87 bits per heavy atom. The van der Waals surface area contributed by atoms with E-state index < -0.39 is 68.7 Å². The zero-order valence-corrected chi connectivity index (χ0v) is 37.5. The minimum atomic E-state index is -3.92. The predicted molar refractivity (Wildman–Crippen MR) is 233 cm³/mol. The summed E-state index contributed by atoms with van der Waals surface area (Å²) in [7, 11) is -2.32. The molecule has 6 atom stereocenters. The molecule has 5 heterocycles. The first-order valence-corrected chi connectivity index (χ1v) is 24.5. The number of fused-ring (bicyclic) bond motifs is 3. The van der Waals surface area contributed by atoms with Crippen LogP contribution in [0.1, 0.15) is 108 Å². The molecule has 2 aliphatic carbocycles. The van der Waals surface area contributed by atoms with E-state index in [1.807, 2.05) is 42.7 Å². The van der Waals surface area contributed by atoms with E-state index in [2.05, 4.69) is 23.9 Å². The number of carbonyl (C=O) groups is 4. The zero-order valence-electron chi connectivity index (χ0n) is 35.9. The first kappa shape index (κ1) is 44.0. The number of allylic oxidation sites excluding steroid dienone is 1.